The number of fused-ring (bicyclic) bond motifs is 1. The van der Waals surface area contributed by atoms with Crippen LogP contribution in [0.2, 0.25) is 0 Å². The second kappa shape index (κ2) is 15.9. The molecule has 0 aliphatic heterocycles. The molecule has 0 saturated carbocycles. The summed E-state index contributed by atoms with van der Waals surface area (Å²) in [4.78, 5) is 2.04. The van der Waals surface area contributed by atoms with Crippen molar-refractivity contribution in [2.45, 2.75) is 76.3 Å². The third-order valence-electron chi connectivity index (χ3n) is 7.67. The fourth-order valence-corrected chi connectivity index (χ4v) is 6.14. The number of benzene rings is 2. The molecule has 0 aromatic heterocycles. The maximum atomic E-state index is 14.4. The van der Waals surface area contributed by atoms with Gasteiger partial charge in [0.1, 0.15) is 0 Å². The van der Waals surface area contributed by atoms with Gasteiger partial charge in [0, 0.05) is 23.0 Å². The van der Waals surface area contributed by atoms with Crippen LogP contribution in [0.15, 0.2) is 41.8 Å². The lowest BCUT2D eigenvalue weighted by atomic mass is 9.88. The van der Waals surface area contributed by atoms with Crippen molar-refractivity contribution in [3.05, 3.63) is 70.1 Å². The van der Waals surface area contributed by atoms with Crippen LogP contribution < -0.4 is 0 Å². The number of allylic oxidation sites excluding steroid dienone is 3. The minimum Gasteiger partial charge on any atom is -0.505 e. The van der Waals surface area contributed by atoms with Crippen LogP contribution in [0.1, 0.15) is 74.5 Å². The van der Waals surface area contributed by atoms with E-state index >= 15 is 0 Å². The Balaban J connectivity index is 1.48. The first kappa shape index (κ1) is 35.6. The molecule has 0 amide bonds. The second-order valence-corrected chi connectivity index (χ2v) is 12.6. The van der Waals surface area contributed by atoms with E-state index in [1.807, 2.05) is 11.9 Å². The third-order valence-corrected chi connectivity index (χ3v) is 8.86. The van der Waals surface area contributed by atoms with Crippen LogP contribution in [0.5, 0.6) is 11.5 Å². The highest BCUT2D eigenvalue weighted by atomic mass is 32.2. The van der Waals surface area contributed by atoms with E-state index in [0.29, 0.717) is 43.9 Å². The molecule has 1 atom stereocenters. The predicted molar refractivity (Wildman–Crippen MR) is 159 cm³/mol. The largest absolute Gasteiger partial charge is 0.505 e. The number of phenolic OH excluding ortho intramolecular Hbond substituents is 2. The normalized spacial score (nSPS) is 15.2. The van der Waals surface area contributed by atoms with E-state index in [9.17, 15) is 45.2 Å². The Morgan fingerprint density at radius 1 is 0.886 bits per heavy atom. The van der Waals surface area contributed by atoms with Gasteiger partial charge in [-0.2, -0.15) is 22.0 Å². The molecule has 1 aliphatic carbocycles. The van der Waals surface area contributed by atoms with Gasteiger partial charge in [0.25, 0.3) is 0 Å². The van der Waals surface area contributed by atoms with Gasteiger partial charge in [0.15, 0.2) is 23.1 Å². The van der Waals surface area contributed by atoms with Crippen molar-refractivity contribution >= 4 is 21.9 Å². The molecule has 44 heavy (non-hydrogen) atoms. The smallest absolute Gasteiger partial charge is 0.453 e. The number of hydrogen-bond donors (Lipinski definition) is 2. The Kier molecular flexibility index (Phi) is 12.9. The number of phenols is 2. The minimum atomic E-state index is -5.64. The van der Waals surface area contributed by atoms with Crippen LogP contribution in [0.3, 0.4) is 0 Å². The highest BCUT2D eigenvalue weighted by Crippen LogP contribution is 2.41. The van der Waals surface area contributed by atoms with Crippen LogP contribution in [0.4, 0.5) is 30.7 Å². The van der Waals surface area contributed by atoms with Gasteiger partial charge in [0.2, 0.25) is 0 Å². The first-order valence-corrected chi connectivity index (χ1v) is 16.0. The van der Waals surface area contributed by atoms with E-state index in [2.05, 4.69) is 0 Å². The molecule has 2 aromatic carbocycles. The minimum absolute atomic E-state index is 0.154. The Labute approximate surface area is 255 Å². The van der Waals surface area contributed by atoms with Gasteiger partial charge in [-0.15, -0.1) is 0 Å². The molecule has 4 nitrogen and oxygen atoms in total. The number of rotatable bonds is 15. The van der Waals surface area contributed by atoms with Gasteiger partial charge in [-0.25, -0.2) is 8.78 Å². The molecule has 2 N–H and O–H groups in total. The summed E-state index contributed by atoms with van der Waals surface area (Å²) in [5.74, 6) is -6.97. The van der Waals surface area contributed by atoms with E-state index in [0.717, 1.165) is 66.3 Å². The standard InChI is InChI=1S/C32H38F7NO3S/c1-40(16-8-18-44(43)17-7-14-31(35,36)32(37,38)39)15-5-3-2-4-10-25-24(23-12-13-27(33)29(41)20-23)11-6-9-22-19-30(42)28(34)21-26(22)25/h7,12-13,17,19-21,41-42H,2-6,8-11,14-16,18H2,1H3/b17-7-. The SMILES string of the molecule is CN(CCCCCCC1=C(c2ccc(F)c(O)c2)CCCc2cc(O)c(F)cc21)CCCS(=O)/C=C\CC(F)(F)C(F)(F)F. The van der Waals surface area contributed by atoms with Crippen molar-refractivity contribution in [1.82, 2.24) is 4.90 Å². The van der Waals surface area contributed by atoms with Crippen LogP contribution in [0.25, 0.3) is 11.1 Å². The van der Waals surface area contributed by atoms with E-state index in [1.165, 1.54) is 24.3 Å². The van der Waals surface area contributed by atoms with Crippen molar-refractivity contribution < 1.29 is 45.2 Å². The number of nitrogens with zero attached hydrogens (tertiary/aromatic N) is 1. The van der Waals surface area contributed by atoms with E-state index in [-0.39, 0.29) is 5.75 Å². The van der Waals surface area contributed by atoms with E-state index in [1.54, 1.807) is 6.07 Å². The molecule has 0 bridgehead atoms. The molecular formula is C32H38F7NO3S. The molecule has 0 fully saturated rings. The Morgan fingerprint density at radius 3 is 2.27 bits per heavy atom. The van der Waals surface area contributed by atoms with Crippen LogP contribution >= 0.6 is 0 Å². The number of aromatic hydroxyl groups is 2. The maximum absolute atomic E-state index is 14.4. The maximum Gasteiger partial charge on any atom is 0.453 e. The zero-order valence-corrected chi connectivity index (χ0v) is 25.4. The summed E-state index contributed by atoms with van der Waals surface area (Å²) in [6.07, 6.45) is 0.0822. The fraction of sp³-hybridized carbons (Fsp3) is 0.500. The number of alkyl halides is 5. The van der Waals surface area contributed by atoms with Crippen molar-refractivity contribution in [3.8, 4) is 11.5 Å². The fourth-order valence-electron chi connectivity index (χ4n) is 5.28. The topological polar surface area (TPSA) is 60.8 Å². The zero-order valence-electron chi connectivity index (χ0n) is 24.5. The summed E-state index contributed by atoms with van der Waals surface area (Å²) < 4.78 is 103. The van der Waals surface area contributed by atoms with Gasteiger partial charge >= 0.3 is 12.1 Å². The lowest BCUT2D eigenvalue weighted by Crippen LogP contribution is -2.35. The molecule has 0 heterocycles. The van der Waals surface area contributed by atoms with Gasteiger partial charge in [-0.05, 0) is 123 Å². The van der Waals surface area contributed by atoms with Crippen LogP contribution in [-0.4, -0.2) is 57.3 Å². The molecule has 0 radical (unpaired) electrons. The monoisotopic (exact) mass is 649 g/mol. The Hall–Kier alpha value is -2.86. The first-order valence-electron chi connectivity index (χ1n) is 14.6. The van der Waals surface area contributed by atoms with Crippen LogP contribution in [0, 0.1) is 11.6 Å². The van der Waals surface area contributed by atoms with Crippen molar-refractivity contribution in [2.75, 3.05) is 25.9 Å². The number of aryl methyl sites for hydroxylation is 1. The van der Waals surface area contributed by atoms with Gasteiger partial charge in [-0.3, -0.25) is 4.21 Å². The molecule has 0 saturated heterocycles. The number of hydrogen-bond acceptors (Lipinski definition) is 4. The molecule has 0 spiro atoms. The van der Waals surface area contributed by atoms with Crippen molar-refractivity contribution in [3.63, 3.8) is 0 Å². The second-order valence-electron chi connectivity index (χ2n) is 11.1. The first-order chi connectivity index (χ1) is 20.7. The average Bonchev–Trinajstić information content (AvgIpc) is 3.10. The van der Waals surface area contributed by atoms with Crippen molar-refractivity contribution in [2.24, 2.45) is 0 Å². The molecule has 2 aromatic rings. The zero-order chi connectivity index (χ0) is 32.5. The summed E-state index contributed by atoms with van der Waals surface area (Å²) >= 11 is 0. The summed E-state index contributed by atoms with van der Waals surface area (Å²) in [5.41, 5.74) is 4.08. The van der Waals surface area contributed by atoms with Gasteiger partial charge in [0.05, 0.1) is 0 Å². The van der Waals surface area contributed by atoms with E-state index < -0.39 is 52.5 Å². The Morgan fingerprint density at radius 2 is 1.57 bits per heavy atom. The molecule has 12 heteroatoms. The highest BCUT2D eigenvalue weighted by molar-refractivity contribution is 7.87. The lowest BCUT2D eigenvalue weighted by molar-refractivity contribution is -0.280. The van der Waals surface area contributed by atoms with Crippen molar-refractivity contribution in [1.29, 1.82) is 0 Å². The average molecular weight is 650 g/mol. The molecule has 1 aliphatic rings. The molecule has 1 unspecified atom stereocenters. The highest BCUT2D eigenvalue weighted by Gasteiger charge is 2.56. The quantitative estimate of drug-likeness (QED) is 0.150. The molecule has 244 valence electrons. The summed E-state index contributed by atoms with van der Waals surface area (Å²) in [6, 6.07) is 7.03. The van der Waals surface area contributed by atoms with Gasteiger partial charge < -0.3 is 15.1 Å². The van der Waals surface area contributed by atoms with Gasteiger partial charge in [-0.1, -0.05) is 25.0 Å². The third kappa shape index (κ3) is 10.1. The Bertz CT molecular complexity index is 1360. The lowest BCUT2D eigenvalue weighted by Gasteiger charge is -2.18. The molecular weight excluding hydrogens is 611 g/mol. The van der Waals surface area contributed by atoms with Crippen LogP contribution in [-0.2, 0) is 17.2 Å². The van der Waals surface area contributed by atoms with E-state index in [4.69, 9.17) is 0 Å². The summed E-state index contributed by atoms with van der Waals surface area (Å²) in [7, 11) is 0.261. The number of unbranched alkanes of at least 4 members (excludes halogenated alkanes) is 3. The summed E-state index contributed by atoms with van der Waals surface area (Å²) in [5, 5.41) is 20.8. The predicted octanol–water partition coefficient (Wildman–Crippen LogP) is 8.75. The number of halogens is 7. The molecule has 3 rings (SSSR count). The summed E-state index contributed by atoms with van der Waals surface area (Å²) in [6.45, 7) is 1.35.